The maximum Gasteiger partial charge on any atom is 0.123 e. The van der Waals surface area contributed by atoms with Crippen molar-refractivity contribution in [2.45, 2.75) is 52.4 Å². The standard InChI is InChI=1S/C21H27F/c1-15(2)16(3)18-7-6-8-19(13-18)21(4,5)14-17-9-11-20(22)12-10-17/h6-13,15-16H,14H2,1-5H3/t16-/m0/s1. The molecule has 0 saturated heterocycles. The minimum atomic E-state index is -0.172. The van der Waals surface area contributed by atoms with Crippen LogP contribution in [0.2, 0.25) is 0 Å². The summed E-state index contributed by atoms with van der Waals surface area (Å²) in [6.07, 6.45) is 0.910. The van der Waals surface area contributed by atoms with Gasteiger partial charge in [0.2, 0.25) is 0 Å². The van der Waals surface area contributed by atoms with Crippen molar-refractivity contribution in [1.29, 1.82) is 0 Å². The predicted molar refractivity (Wildman–Crippen MR) is 92.8 cm³/mol. The molecule has 2 aromatic carbocycles. The van der Waals surface area contributed by atoms with E-state index in [1.165, 1.54) is 16.7 Å². The average molecular weight is 298 g/mol. The molecule has 0 aliphatic heterocycles. The van der Waals surface area contributed by atoms with Gasteiger partial charge in [0.05, 0.1) is 0 Å². The van der Waals surface area contributed by atoms with Gasteiger partial charge in [0, 0.05) is 0 Å². The van der Waals surface area contributed by atoms with Crippen molar-refractivity contribution in [2.24, 2.45) is 5.92 Å². The van der Waals surface area contributed by atoms with E-state index in [0.717, 1.165) is 6.42 Å². The molecule has 1 atom stereocenters. The minimum Gasteiger partial charge on any atom is -0.207 e. The third-order valence-electron chi connectivity index (χ3n) is 4.75. The van der Waals surface area contributed by atoms with Crippen molar-refractivity contribution in [2.75, 3.05) is 0 Å². The zero-order chi connectivity index (χ0) is 16.3. The number of hydrogen-bond acceptors (Lipinski definition) is 0. The number of hydrogen-bond donors (Lipinski definition) is 0. The van der Waals surface area contributed by atoms with Crippen molar-refractivity contribution in [3.8, 4) is 0 Å². The number of benzene rings is 2. The molecule has 1 heteroatoms. The van der Waals surface area contributed by atoms with Crippen LogP contribution in [0.25, 0.3) is 0 Å². The topological polar surface area (TPSA) is 0 Å². The summed E-state index contributed by atoms with van der Waals surface area (Å²) in [6.45, 7) is 11.3. The highest BCUT2D eigenvalue weighted by atomic mass is 19.1. The van der Waals surface area contributed by atoms with E-state index in [4.69, 9.17) is 0 Å². The van der Waals surface area contributed by atoms with Crippen LogP contribution >= 0.6 is 0 Å². The van der Waals surface area contributed by atoms with E-state index in [-0.39, 0.29) is 11.2 Å². The lowest BCUT2D eigenvalue weighted by Crippen LogP contribution is -2.21. The second-order valence-corrected chi connectivity index (χ2v) is 7.35. The summed E-state index contributed by atoms with van der Waals surface area (Å²) in [6, 6.07) is 15.8. The predicted octanol–water partition coefficient (Wildman–Crippen LogP) is 6.11. The number of halogens is 1. The molecule has 0 aliphatic carbocycles. The SMILES string of the molecule is CC(C)[C@H](C)c1cccc(C(C)(C)Cc2ccc(F)cc2)c1. The van der Waals surface area contributed by atoms with Crippen LogP contribution in [-0.4, -0.2) is 0 Å². The Balaban J connectivity index is 2.25. The van der Waals surface area contributed by atoms with Gasteiger partial charge in [-0.3, -0.25) is 0 Å². The van der Waals surface area contributed by atoms with Gasteiger partial charge in [-0.1, -0.05) is 71.0 Å². The van der Waals surface area contributed by atoms with Crippen LogP contribution in [0, 0.1) is 11.7 Å². The molecule has 0 heterocycles. The van der Waals surface area contributed by atoms with Crippen molar-refractivity contribution in [3.05, 3.63) is 71.0 Å². The monoisotopic (exact) mass is 298 g/mol. The molecule has 2 rings (SSSR count). The third kappa shape index (κ3) is 3.97. The van der Waals surface area contributed by atoms with Gasteiger partial charge in [-0.2, -0.15) is 0 Å². The Labute approximate surface area is 134 Å². The van der Waals surface area contributed by atoms with E-state index in [1.807, 2.05) is 12.1 Å². The van der Waals surface area contributed by atoms with E-state index < -0.39 is 0 Å². The molecular formula is C21H27F. The van der Waals surface area contributed by atoms with Crippen LogP contribution in [0.15, 0.2) is 48.5 Å². The molecule has 0 N–H and O–H groups in total. The molecule has 22 heavy (non-hydrogen) atoms. The van der Waals surface area contributed by atoms with Gasteiger partial charge >= 0.3 is 0 Å². The summed E-state index contributed by atoms with van der Waals surface area (Å²) in [5.74, 6) is 1.02. The highest BCUT2D eigenvalue weighted by Gasteiger charge is 2.22. The highest BCUT2D eigenvalue weighted by molar-refractivity contribution is 5.33. The molecular weight excluding hydrogens is 271 g/mol. The fraction of sp³-hybridized carbons (Fsp3) is 0.429. The van der Waals surface area contributed by atoms with Gasteiger partial charge in [-0.05, 0) is 52.5 Å². The molecule has 0 fully saturated rings. The first-order valence-corrected chi connectivity index (χ1v) is 8.14. The second kappa shape index (κ2) is 6.64. The summed E-state index contributed by atoms with van der Waals surface area (Å²) < 4.78 is 13.1. The molecule has 0 unspecified atom stereocenters. The molecule has 0 aromatic heterocycles. The molecule has 0 aliphatic rings. The smallest absolute Gasteiger partial charge is 0.123 e. The van der Waals surface area contributed by atoms with Gasteiger partial charge in [0.25, 0.3) is 0 Å². The van der Waals surface area contributed by atoms with Crippen LogP contribution in [0.5, 0.6) is 0 Å². The Hall–Kier alpha value is -1.63. The van der Waals surface area contributed by atoms with E-state index in [0.29, 0.717) is 11.8 Å². The fourth-order valence-electron chi connectivity index (χ4n) is 2.84. The molecule has 0 bridgehead atoms. The Kier molecular flexibility index (Phi) is 5.05. The normalized spacial score (nSPS) is 13.4. The van der Waals surface area contributed by atoms with E-state index in [9.17, 15) is 4.39 Å². The summed E-state index contributed by atoms with van der Waals surface area (Å²) >= 11 is 0. The quantitative estimate of drug-likeness (QED) is 0.625. The molecule has 0 amide bonds. The zero-order valence-electron chi connectivity index (χ0n) is 14.4. The summed E-state index contributed by atoms with van der Waals surface area (Å²) in [5, 5.41) is 0. The van der Waals surface area contributed by atoms with Crippen molar-refractivity contribution in [1.82, 2.24) is 0 Å². The van der Waals surface area contributed by atoms with Crippen LogP contribution in [-0.2, 0) is 11.8 Å². The first kappa shape index (κ1) is 16.7. The van der Waals surface area contributed by atoms with Gasteiger partial charge in [-0.15, -0.1) is 0 Å². The van der Waals surface area contributed by atoms with Gasteiger partial charge < -0.3 is 0 Å². The lowest BCUT2D eigenvalue weighted by Gasteiger charge is -2.27. The van der Waals surface area contributed by atoms with Crippen LogP contribution in [0.1, 0.15) is 57.2 Å². The summed E-state index contributed by atoms with van der Waals surface area (Å²) in [5.41, 5.74) is 3.96. The van der Waals surface area contributed by atoms with E-state index in [2.05, 4.69) is 58.9 Å². The summed E-state index contributed by atoms with van der Waals surface area (Å²) in [4.78, 5) is 0. The summed E-state index contributed by atoms with van der Waals surface area (Å²) in [7, 11) is 0. The van der Waals surface area contributed by atoms with E-state index >= 15 is 0 Å². The molecule has 0 radical (unpaired) electrons. The molecule has 2 aromatic rings. The third-order valence-corrected chi connectivity index (χ3v) is 4.75. The largest absolute Gasteiger partial charge is 0.207 e. The van der Waals surface area contributed by atoms with Crippen LogP contribution < -0.4 is 0 Å². The Morgan fingerprint density at radius 3 is 2.18 bits per heavy atom. The first-order chi connectivity index (χ1) is 10.3. The minimum absolute atomic E-state index is 0.0323. The fourth-order valence-corrected chi connectivity index (χ4v) is 2.84. The Morgan fingerprint density at radius 2 is 1.59 bits per heavy atom. The van der Waals surface area contributed by atoms with Crippen molar-refractivity contribution in [3.63, 3.8) is 0 Å². The molecule has 0 nitrogen and oxygen atoms in total. The van der Waals surface area contributed by atoms with Crippen molar-refractivity contribution >= 4 is 0 Å². The van der Waals surface area contributed by atoms with Gasteiger partial charge in [0.1, 0.15) is 5.82 Å². The maximum atomic E-state index is 13.1. The number of rotatable bonds is 5. The maximum absolute atomic E-state index is 13.1. The van der Waals surface area contributed by atoms with Crippen LogP contribution in [0.4, 0.5) is 4.39 Å². The first-order valence-electron chi connectivity index (χ1n) is 8.14. The van der Waals surface area contributed by atoms with Crippen LogP contribution in [0.3, 0.4) is 0 Å². The molecule has 0 saturated carbocycles. The Bertz CT molecular complexity index is 608. The van der Waals surface area contributed by atoms with Crippen molar-refractivity contribution < 1.29 is 4.39 Å². The highest BCUT2D eigenvalue weighted by Crippen LogP contribution is 2.31. The Morgan fingerprint density at radius 1 is 0.955 bits per heavy atom. The van der Waals surface area contributed by atoms with E-state index in [1.54, 1.807) is 12.1 Å². The molecule has 0 spiro atoms. The van der Waals surface area contributed by atoms with Gasteiger partial charge in [-0.25, -0.2) is 4.39 Å². The molecule has 118 valence electrons. The lowest BCUT2D eigenvalue weighted by molar-refractivity contribution is 0.511. The zero-order valence-corrected chi connectivity index (χ0v) is 14.4. The lowest BCUT2D eigenvalue weighted by atomic mass is 9.77. The second-order valence-electron chi connectivity index (χ2n) is 7.35. The van der Waals surface area contributed by atoms with Gasteiger partial charge in [0.15, 0.2) is 0 Å². The average Bonchev–Trinajstić information content (AvgIpc) is 2.48.